The molecule has 7 nitrogen and oxygen atoms in total. The fraction of sp³-hybridized carbons (Fsp3) is 0.259. The van der Waals surface area contributed by atoms with Gasteiger partial charge in [0.1, 0.15) is 0 Å². The number of pyridine rings is 1. The smallest absolute Gasteiger partial charge is 0.251 e. The summed E-state index contributed by atoms with van der Waals surface area (Å²) in [5.41, 5.74) is 8.21. The summed E-state index contributed by atoms with van der Waals surface area (Å²) in [5, 5.41) is 2.55. The summed E-state index contributed by atoms with van der Waals surface area (Å²) in [5.74, 6) is 1.33. The van der Waals surface area contributed by atoms with E-state index in [0.29, 0.717) is 29.4 Å². The maximum Gasteiger partial charge on any atom is 0.251 e. The molecule has 7 heteroatoms. The minimum Gasteiger partial charge on any atom is -0.366 e. The Kier molecular flexibility index (Phi) is 5.19. The van der Waals surface area contributed by atoms with Crippen molar-refractivity contribution in [1.82, 2.24) is 19.9 Å². The molecule has 4 aromatic rings. The molecule has 2 aliphatic rings. The van der Waals surface area contributed by atoms with E-state index in [0.717, 1.165) is 26.2 Å². The Morgan fingerprint density at radius 2 is 1.65 bits per heavy atom. The Bertz CT molecular complexity index is 1310. The van der Waals surface area contributed by atoms with Gasteiger partial charge < -0.3 is 10.6 Å². The molecule has 0 bridgehead atoms. The second-order valence-electron chi connectivity index (χ2n) is 9.31. The number of fused-ring (bicyclic) bond motifs is 2. The molecule has 34 heavy (non-hydrogen) atoms. The van der Waals surface area contributed by atoms with Gasteiger partial charge in [0.2, 0.25) is 5.95 Å². The first-order valence-corrected chi connectivity index (χ1v) is 11.6. The number of carbonyl (C=O) groups excluding carboxylic acids is 1. The van der Waals surface area contributed by atoms with Crippen molar-refractivity contribution in [3.63, 3.8) is 0 Å². The minimum atomic E-state index is -0.504. The number of hydrogen-bond acceptors (Lipinski definition) is 6. The number of benzene rings is 2. The van der Waals surface area contributed by atoms with Gasteiger partial charge in [-0.15, -0.1) is 0 Å². The second-order valence-corrected chi connectivity index (χ2v) is 9.31. The average molecular weight is 451 g/mol. The van der Waals surface area contributed by atoms with Crippen LogP contribution in [0.4, 0.5) is 5.95 Å². The molecule has 1 aliphatic carbocycles. The first-order chi connectivity index (χ1) is 16.7. The summed E-state index contributed by atoms with van der Waals surface area (Å²) < 4.78 is 0. The van der Waals surface area contributed by atoms with Crippen molar-refractivity contribution in [2.45, 2.75) is 19.1 Å². The van der Waals surface area contributed by atoms with Crippen LogP contribution in [0.5, 0.6) is 0 Å². The number of nitrogens with two attached hydrogens (primary N) is 1. The number of aromatic nitrogens is 3. The highest BCUT2D eigenvalue weighted by molar-refractivity contribution is 5.92. The van der Waals surface area contributed by atoms with Crippen molar-refractivity contribution < 1.29 is 4.79 Å². The van der Waals surface area contributed by atoms with Gasteiger partial charge in [-0.1, -0.05) is 42.5 Å². The first-order valence-electron chi connectivity index (χ1n) is 11.6. The Morgan fingerprint density at radius 1 is 0.912 bits per heavy atom. The largest absolute Gasteiger partial charge is 0.366 e. The van der Waals surface area contributed by atoms with E-state index in [9.17, 15) is 4.79 Å². The lowest BCUT2D eigenvalue weighted by molar-refractivity contribution is 0.0999. The molecular weight excluding hydrogens is 424 g/mol. The van der Waals surface area contributed by atoms with Crippen LogP contribution < -0.4 is 10.6 Å². The lowest BCUT2D eigenvalue weighted by Gasteiger charge is -2.27. The zero-order valence-corrected chi connectivity index (χ0v) is 18.8. The second kappa shape index (κ2) is 8.50. The number of carbonyl (C=O) groups is 1. The predicted molar refractivity (Wildman–Crippen MR) is 131 cm³/mol. The number of amides is 1. The van der Waals surface area contributed by atoms with Crippen LogP contribution in [0.25, 0.3) is 10.8 Å². The minimum absolute atomic E-state index is 0.337. The van der Waals surface area contributed by atoms with Crippen LogP contribution in [0.3, 0.4) is 0 Å². The summed E-state index contributed by atoms with van der Waals surface area (Å²) in [7, 11) is 0. The van der Waals surface area contributed by atoms with Gasteiger partial charge in [-0.2, -0.15) is 0 Å². The van der Waals surface area contributed by atoms with Crippen LogP contribution >= 0.6 is 0 Å². The molecule has 6 rings (SSSR count). The first kappa shape index (κ1) is 20.7. The van der Waals surface area contributed by atoms with E-state index in [1.165, 1.54) is 34.3 Å². The van der Waals surface area contributed by atoms with Crippen molar-refractivity contribution in [2.75, 3.05) is 18.0 Å². The fourth-order valence-corrected chi connectivity index (χ4v) is 5.38. The highest BCUT2D eigenvalue weighted by Gasteiger charge is 2.58. The van der Waals surface area contributed by atoms with Crippen molar-refractivity contribution in [2.24, 2.45) is 17.6 Å². The number of rotatable bonds is 7. The molecular formula is C27H26N6O. The third-order valence-electron chi connectivity index (χ3n) is 7.08. The van der Waals surface area contributed by atoms with E-state index < -0.39 is 5.91 Å². The van der Waals surface area contributed by atoms with Crippen molar-refractivity contribution in [3.8, 4) is 0 Å². The summed E-state index contributed by atoms with van der Waals surface area (Å²) in [6.07, 6.45) is 6.82. The fourth-order valence-electron chi connectivity index (χ4n) is 5.38. The summed E-state index contributed by atoms with van der Waals surface area (Å²) in [6, 6.07) is 20.0. The topological polar surface area (TPSA) is 88.2 Å². The van der Waals surface area contributed by atoms with Crippen molar-refractivity contribution in [1.29, 1.82) is 0 Å². The average Bonchev–Trinajstić information content (AvgIpc) is 3.37. The summed E-state index contributed by atoms with van der Waals surface area (Å²) >= 11 is 0. The van der Waals surface area contributed by atoms with Crippen LogP contribution in [-0.2, 0) is 13.1 Å². The van der Waals surface area contributed by atoms with E-state index >= 15 is 0 Å². The molecule has 1 aliphatic heterocycles. The quantitative estimate of drug-likeness (QED) is 0.465. The third kappa shape index (κ3) is 3.99. The maximum atomic E-state index is 11.3. The van der Waals surface area contributed by atoms with Gasteiger partial charge in [-0.3, -0.25) is 14.7 Å². The molecule has 2 unspecified atom stereocenters. The Hall–Kier alpha value is -3.84. The lowest BCUT2D eigenvalue weighted by Crippen LogP contribution is -2.35. The Labute approximate surface area is 198 Å². The number of hydrogen-bond donors (Lipinski definition) is 1. The maximum absolute atomic E-state index is 11.3. The molecule has 2 atom stereocenters. The monoisotopic (exact) mass is 450 g/mol. The predicted octanol–water partition coefficient (Wildman–Crippen LogP) is 3.26. The third-order valence-corrected chi connectivity index (χ3v) is 7.08. The Morgan fingerprint density at radius 3 is 2.35 bits per heavy atom. The Balaban J connectivity index is 1.19. The number of anilines is 1. The van der Waals surface area contributed by atoms with Crippen molar-refractivity contribution >= 4 is 22.6 Å². The van der Waals surface area contributed by atoms with Gasteiger partial charge in [0.25, 0.3) is 5.91 Å². The molecule has 2 fully saturated rings. The van der Waals surface area contributed by atoms with E-state index in [4.69, 9.17) is 5.73 Å². The number of piperidine rings is 1. The molecule has 2 aromatic carbocycles. The van der Waals surface area contributed by atoms with Gasteiger partial charge in [-0.25, -0.2) is 9.97 Å². The van der Waals surface area contributed by atoms with Gasteiger partial charge in [0.15, 0.2) is 0 Å². The van der Waals surface area contributed by atoms with Crippen molar-refractivity contribution in [3.05, 3.63) is 96.1 Å². The van der Waals surface area contributed by atoms with Gasteiger partial charge >= 0.3 is 0 Å². The van der Waals surface area contributed by atoms with Gasteiger partial charge in [-0.05, 0) is 45.9 Å². The van der Waals surface area contributed by atoms with Crippen LogP contribution in [0, 0.1) is 11.8 Å². The van der Waals surface area contributed by atoms with E-state index in [1.807, 2.05) is 18.5 Å². The lowest BCUT2D eigenvalue weighted by atomic mass is 10.1. The SMILES string of the molecule is NC(=O)c1cnc(N2CC3C(C2)C3N(Cc2cccnc2)Cc2ccc3ccccc3c2)nc1. The zero-order valence-electron chi connectivity index (χ0n) is 18.8. The van der Waals surface area contributed by atoms with Crippen LogP contribution in [0.2, 0.25) is 0 Å². The highest BCUT2D eigenvalue weighted by atomic mass is 16.1. The molecule has 170 valence electrons. The van der Waals surface area contributed by atoms with E-state index in [-0.39, 0.29) is 0 Å². The van der Waals surface area contributed by atoms with E-state index in [2.05, 4.69) is 73.3 Å². The van der Waals surface area contributed by atoms with E-state index in [1.54, 1.807) is 0 Å². The highest BCUT2D eigenvalue weighted by Crippen LogP contribution is 2.50. The molecule has 0 spiro atoms. The normalized spacial score (nSPS) is 21.1. The molecule has 1 saturated heterocycles. The molecule has 2 N–H and O–H groups in total. The summed E-state index contributed by atoms with van der Waals surface area (Å²) in [6.45, 7) is 3.63. The van der Waals surface area contributed by atoms with Crippen LogP contribution in [0.15, 0.2) is 79.4 Å². The number of primary amides is 1. The van der Waals surface area contributed by atoms with Crippen LogP contribution in [0.1, 0.15) is 21.5 Å². The standard InChI is InChI=1S/C27H26N6O/c28-26(34)22-12-30-27(31-13-22)33-16-23-24(17-33)25(23)32(15-19-4-3-9-29-11-19)14-18-7-8-20-5-1-2-6-21(20)10-18/h1-13,23-25H,14-17H2,(H2,28,34). The number of nitrogens with zero attached hydrogens (tertiary/aromatic N) is 5. The van der Waals surface area contributed by atoms with Gasteiger partial charge in [0.05, 0.1) is 5.56 Å². The van der Waals surface area contributed by atoms with Gasteiger partial charge in [0, 0.05) is 57.0 Å². The summed E-state index contributed by atoms with van der Waals surface area (Å²) in [4.78, 5) is 29.2. The van der Waals surface area contributed by atoms with Crippen LogP contribution in [-0.4, -0.2) is 44.9 Å². The molecule has 1 saturated carbocycles. The molecule has 1 amide bonds. The molecule has 3 heterocycles. The molecule has 2 aromatic heterocycles. The zero-order chi connectivity index (χ0) is 23.1. The molecule has 0 radical (unpaired) electrons.